The molecule has 0 aromatic rings. The summed E-state index contributed by atoms with van der Waals surface area (Å²) in [4.78, 5) is 17.9. The molecule has 3 aliphatic rings. The van der Waals surface area contributed by atoms with E-state index in [1.54, 1.807) is 41.5 Å². The predicted molar refractivity (Wildman–Crippen MR) is 189 cm³/mol. The number of ether oxygens (including phenoxy) is 5. The smallest absolute Gasteiger partial charge is 0.311 e. The molecular weight excluding hydrogens is 664 g/mol. The van der Waals surface area contributed by atoms with Crippen LogP contribution in [0.5, 0.6) is 0 Å². The van der Waals surface area contributed by atoms with Crippen molar-refractivity contribution in [3.8, 4) is 0 Å². The lowest BCUT2D eigenvalue weighted by atomic mass is 9.77. The van der Waals surface area contributed by atoms with Crippen LogP contribution >= 0.6 is 0 Å². The molecule has 0 aliphatic carbocycles. The molecule has 14 nitrogen and oxygen atoms in total. The Balaban J connectivity index is 2.16. The minimum atomic E-state index is -1.81. The van der Waals surface area contributed by atoms with Crippen molar-refractivity contribution in [1.82, 2.24) is 9.80 Å². The minimum absolute atomic E-state index is 0.113. The van der Waals surface area contributed by atoms with Gasteiger partial charge in [-0.3, -0.25) is 4.79 Å². The second-order valence-corrected chi connectivity index (χ2v) is 17.0. The Labute approximate surface area is 305 Å². The zero-order chi connectivity index (χ0) is 39.0. The van der Waals surface area contributed by atoms with Crippen molar-refractivity contribution in [1.29, 1.82) is 0 Å². The highest BCUT2D eigenvalue weighted by Gasteiger charge is 2.52. The largest absolute Gasteiger partial charge is 0.459 e. The van der Waals surface area contributed by atoms with Crippen molar-refractivity contribution >= 4 is 5.97 Å². The van der Waals surface area contributed by atoms with Gasteiger partial charge >= 0.3 is 5.97 Å². The molecular formula is C37H70N2O12. The van der Waals surface area contributed by atoms with Gasteiger partial charge in [0.1, 0.15) is 30.0 Å². The highest BCUT2D eigenvalue weighted by atomic mass is 16.7. The van der Waals surface area contributed by atoms with Crippen molar-refractivity contribution < 1.29 is 59.1 Å². The molecule has 18 atom stereocenters. The Morgan fingerprint density at radius 2 is 1.51 bits per heavy atom. The number of hydrogen-bond donors (Lipinski definition) is 6. The topological polar surface area (TPSA) is 191 Å². The molecule has 14 heteroatoms. The maximum Gasteiger partial charge on any atom is 0.311 e. The van der Waals surface area contributed by atoms with Gasteiger partial charge in [-0.05, 0) is 94.8 Å². The van der Waals surface area contributed by atoms with Crippen molar-refractivity contribution in [2.75, 3.05) is 27.7 Å². The lowest BCUT2D eigenvalue weighted by molar-refractivity contribution is -0.316. The molecule has 300 valence electrons. The van der Waals surface area contributed by atoms with Crippen LogP contribution in [0, 0.1) is 17.8 Å². The van der Waals surface area contributed by atoms with Crippen LogP contribution in [0.4, 0.5) is 0 Å². The van der Waals surface area contributed by atoms with Crippen molar-refractivity contribution in [2.24, 2.45) is 17.8 Å². The zero-order valence-corrected chi connectivity index (χ0v) is 33.2. The second-order valence-electron chi connectivity index (χ2n) is 17.0. The summed E-state index contributed by atoms with van der Waals surface area (Å²) >= 11 is 0. The lowest BCUT2D eigenvalue weighted by Gasteiger charge is -2.48. The van der Waals surface area contributed by atoms with Crippen LogP contribution in [-0.2, 0) is 28.5 Å². The SMILES string of the molecule is CC[C@H]1OC(=O)[C@H](C)[C@@H](OC2CC(C)(O)C(O)C(C)O2)[C@H](C)[C@@H](OC2OC(C)CC(N(C)C)C2O)[C@](C)(O)C[C@@H](C)CN(C)[C@H](C)[C@@H](O)[C@]1(C)O. The molecule has 0 bridgehead atoms. The average Bonchev–Trinajstić information content (AvgIpc) is 3.02. The number of carbonyl (C=O) groups is 1. The first-order valence-electron chi connectivity index (χ1n) is 18.8. The number of aliphatic hydroxyl groups excluding tert-OH is 3. The first-order chi connectivity index (χ1) is 23.3. The fourth-order valence-electron chi connectivity index (χ4n) is 8.55. The van der Waals surface area contributed by atoms with Gasteiger partial charge in [0.2, 0.25) is 0 Å². The van der Waals surface area contributed by atoms with Crippen LogP contribution in [0.3, 0.4) is 0 Å². The van der Waals surface area contributed by atoms with Crippen LogP contribution in [0.15, 0.2) is 0 Å². The molecule has 3 saturated heterocycles. The van der Waals surface area contributed by atoms with E-state index in [0.717, 1.165) is 0 Å². The Bertz CT molecular complexity index is 1120. The van der Waals surface area contributed by atoms with E-state index in [0.29, 0.717) is 13.0 Å². The summed E-state index contributed by atoms with van der Waals surface area (Å²) in [7, 11) is 5.57. The number of rotatable bonds is 6. The molecule has 6 N–H and O–H groups in total. The first kappa shape index (κ1) is 44.4. The zero-order valence-electron chi connectivity index (χ0n) is 33.2. The van der Waals surface area contributed by atoms with E-state index in [9.17, 15) is 35.4 Å². The van der Waals surface area contributed by atoms with Crippen LogP contribution in [0.25, 0.3) is 0 Å². The van der Waals surface area contributed by atoms with Gasteiger partial charge in [-0.2, -0.15) is 0 Å². The van der Waals surface area contributed by atoms with Gasteiger partial charge in [0.15, 0.2) is 12.6 Å². The van der Waals surface area contributed by atoms with E-state index >= 15 is 0 Å². The summed E-state index contributed by atoms with van der Waals surface area (Å²) in [6.45, 7) is 17.5. The standard InChI is InChI=1S/C37H70N2O12/c1-14-26-37(10,46)30(41)23(6)39(13)18-19(2)16-36(9,45)32(51-34-28(40)25(38(11)12)15-20(3)47-34)21(4)29(22(5)33(43)49-26)50-27-17-35(8,44)31(42)24(7)48-27/h19-32,34,40-42,44-46H,14-18H2,1-13H3/t19-,20?,21+,22-,23-,24?,25?,26-,27?,28?,29+,30-,31?,32-,34?,35?,36-,37-/m1/s1. The molecule has 8 unspecified atom stereocenters. The van der Waals surface area contributed by atoms with Crippen LogP contribution < -0.4 is 0 Å². The molecule has 0 aromatic carbocycles. The van der Waals surface area contributed by atoms with Crippen LogP contribution in [0.1, 0.15) is 94.9 Å². The maximum absolute atomic E-state index is 14.1. The third-order valence-electron chi connectivity index (χ3n) is 11.8. The number of hydrogen-bond acceptors (Lipinski definition) is 14. The number of aliphatic hydroxyl groups is 6. The summed E-state index contributed by atoms with van der Waals surface area (Å²) < 4.78 is 31.4. The normalized spacial score (nSPS) is 50.4. The quantitative estimate of drug-likeness (QED) is 0.214. The Hall–Kier alpha value is -1.01. The number of nitrogens with zero attached hydrogens (tertiary/aromatic N) is 2. The summed E-state index contributed by atoms with van der Waals surface area (Å²) in [5, 5.41) is 68.7. The summed E-state index contributed by atoms with van der Waals surface area (Å²) in [6.07, 6.45) is -9.15. The molecule has 0 saturated carbocycles. The second kappa shape index (κ2) is 17.2. The van der Waals surface area contributed by atoms with E-state index in [1.165, 1.54) is 13.8 Å². The average molecular weight is 735 g/mol. The highest BCUT2D eigenvalue weighted by Crippen LogP contribution is 2.39. The van der Waals surface area contributed by atoms with Crippen molar-refractivity contribution in [2.45, 2.75) is 185 Å². The third kappa shape index (κ3) is 10.2. The van der Waals surface area contributed by atoms with E-state index in [1.807, 2.05) is 44.8 Å². The van der Waals surface area contributed by atoms with Gasteiger partial charge in [-0.15, -0.1) is 0 Å². The van der Waals surface area contributed by atoms with Crippen LogP contribution in [0.2, 0.25) is 0 Å². The van der Waals surface area contributed by atoms with Gasteiger partial charge in [0.25, 0.3) is 0 Å². The predicted octanol–water partition coefficient (Wildman–Crippen LogP) is 1.25. The highest BCUT2D eigenvalue weighted by molar-refractivity contribution is 5.73. The molecule has 0 aromatic heterocycles. The van der Waals surface area contributed by atoms with Gasteiger partial charge in [-0.25, -0.2) is 0 Å². The van der Waals surface area contributed by atoms with Gasteiger partial charge in [-0.1, -0.05) is 20.8 Å². The molecule has 3 aliphatic heterocycles. The Morgan fingerprint density at radius 3 is 2.06 bits per heavy atom. The van der Waals surface area contributed by atoms with Crippen molar-refractivity contribution in [3.05, 3.63) is 0 Å². The third-order valence-corrected chi connectivity index (χ3v) is 11.8. The lowest BCUT2D eigenvalue weighted by Crippen LogP contribution is -2.60. The molecule has 3 rings (SSSR count). The Kier molecular flexibility index (Phi) is 15.0. The van der Waals surface area contributed by atoms with Crippen molar-refractivity contribution in [3.63, 3.8) is 0 Å². The fraction of sp³-hybridized carbons (Fsp3) is 0.973. The number of carbonyl (C=O) groups excluding carboxylic acids is 1. The monoisotopic (exact) mass is 734 g/mol. The molecule has 3 fully saturated rings. The summed E-state index contributed by atoms with van der Waals surface area (Å²) in [6, 6.07) is -0.833. The first-order valence-corrected chi connectivity index (χ1v) is 18.8. The van der Waals surface area contributed by atoms with E-state index in [4.69, 9.17) is 23.7 Å². The van der Waals surface area contributed by atoms with Gasteiger partial charge < -0.3 is 64.1 Å². The molecule has 0 amide bonds. The number of cyclic esters (lactones) is 1. The van der Waals surface area contributed by atoms with E-state index in [2.05, 4.69) is 0 Å². The van der Waals surface area contributed by atoms with E-state index in [-0.39, 0.29) is 37.3 Å². The molecule has 3 heterocycles. The minimum Gasteiger partial charge on any atom is -0.459 e. The van der Waals surface area contributed by atoms with Gasteiger partial charge in [0.05, 0.1) is 41.5 Å². The summed E-state index contributed by atoms with van der Waals surface area (Å²) in [5.41, 5.74) is -4.95. The summed E-state index contributed by atoms with van der Waals surface area (Å²) in [5.74, 6) is -2.72. The molecule has 51 heavy (non-hydrogen) atoms. The van der Waals surface area contributed by atoms with E-state index < -0.39 is 96.0 Å². The van der Waals surface area contributed by atoms with Crippen LogP contribution in [-0.4, -0.2) is 164 Å². The molecule has 0 radical (unpaired) electrons. The van der Waals surface area contributed by atoms with Gasteiger partial charge in [0, 0.05) is 31.0 Å². The maximum atomic E-state index is 14.1. The molecule has 0 spiro atoms. The number of esters is 1. The number of likely N-dealkylation sites (N-methyl/N-ethyl adjacent to an activating group) is 2. The fourth-order valence-corrected chi connectivity index (χ4v) is 8.55. The Morgan fingerprint density at radius 1 is 0.902 bits per heavy atom.